The molecule has 1 aliphatic heterocycles. The van der Waals surface area contributed by atoms with E-state index in [1.54, 1.807) is 26.3 Å². The lowest BCUT2D eigenvalue weighted by molar-refractivity contribution is 0.0254. The van der Waals surface area contributed by atoms with Gasteiger partial charge in [0.25, 0.3) is 0 Å². The molecular weight excluding hydrogens is 394 g/mol. The van der Waals surface area contributed by atoms with Crippen LogP contribution in [-0.2, 0) is 12.6 Å². The zero-order valence-corrected chi connectivity index (χ0v) is 16.8. The van der Waals surface area contributed by atoms with Gasteiger partial charge < -0.3 is 10.6 Å². The molecule has 4 aromatic heterocycles. The highest BCUT2D eigenvalue weighted by atomic mass is 15.4. The van der Waals surface area contributed by atoms with Crippen LogP contribution in [0.5, 0.6) is 0 Å². The smallest absolute Gasteiger partial charge is 0.242 e. The highest BCUT2D eigenvalue weighted by Crippen LogP contribution is 2.35. The van der Waals surface area contributed by atoms with E-state index in [0.717, 1.165) is 11.1 Å². The van der Waals surface area contributed by atoms with Gasteiger partial charge >= 0.3 is 0 Å². The van der Waals surface area contributed by atoms with Gasteiger partial charge in [0.2, 0.25) is 6.54 Å². The number of nitrogen functional groups attached to an aromatic ring is 1. The maximum absolute atomic E-state index is 8.95. The number of hydrogen-bond acceptors (Lipinski definition) is 7. The van der Waals surface area contributed by atoms with Crippen LogP contribution >= 0.6 is 0 Å². The highest BCUT2D eigenvalue weighted by Gasteiger charge is 2.48. The van der Waals surface area contributed by atoms with Gasteiger partial charge in [0.05, 0.1) is 48.0 Å². The van der Waals surface area contributed by atoms with Crippen molar-refractivity contribution < 1.29 is 0 Å². The molecular formula is C20H19N11. The van der Waals surface area contributed by atoms with Gasteiger partial charge in [-0.05, 0) is 6.07 Å². The molecule has 0 aliphatic carbocycles. The molecule has 0 amide bonds. The van der Waals surface area contributed by atoms with E-state index in [0.29, 0.717) is 42.4 Å². The first-order chi connectivity index (χ1) is 15.0. The van der Waals surface area contributed by atoms with Crippen LogP contribution in [-0.4, -0.2) is 65.2 Å². The molecule has 5 rings (SSSR count). The van der Waals surface area contributed by atoms with E-state index >= 15 is 0 Å². The Kier molecular flexibility index (Phi) is 4.20. The molecule has 11 nitrogen and oxygen atoms in total. The molecule has 0 saturated carbocycles. The van der Waals surface area contributed by atoms with Crippen molar-refractivity contribution in [2.75, 3.05) is 31.9 Å². The molecule has 0 atom stereocenters. The van der Waals surface area contributed by atoms with Gasteiger partial charge in [0, 0.05) is 38.1 Å². The van der Waals surface area contributed by atoms with Crippen molar-refractivity contribution in [2.45, 2.75) is 5.54 Å². The predicted octanol–water partition coefficient (Wildman–Crippen LogP) is 1.03. The van der Waals surface area contributed by atoms with Gasteiger partial charge in [-0.2, -0.15) is 20.6 Å². The quantitative estimate of drug-likeness (QED) is 0.383. The first-order valence-electron chi connectivity index (χ1n) is 9.65. The molecule has 31 heavy (non-hydrogen) atoms. The Balaban J connectivity index is 1.60. The maximum Gasteiger partial charge on any atom is 0.242 e. The Labute approximate surface area is 177 Å². The fraction of sp³-hybridized carbons (Fsp3) is 0.300. The minimum absolute atomic E-state index is 0.265. The Hall–Kier alpha value is -4.22. The van der Waals surface area contributed by atoms with Crippen LogP contribution in [0.3, 0.4) is 0 Å². The summed E-state index contributed by atoms with van der Waals surface area (Å²) < 4.78 is 5.25. The van der Waals surface area contributed by atoms with Crippen molar-refractivity contribution in [1.82, 2.24) is 39.1 Å². The molecule has 2 N–H and O–H groups in total. The molecule has 0 unspecified atom stereocenters. The summed E-state index contributed by atoms with van der Waals surface area (Å²) in [5.41, 5.74) is 9.55. The lowest BCUT2D eigenvalue weighted by Crippen LogP contribution is -2.64. The van der Waals surface area contributed by atoms with Crippen molar-refractivity contribution in [3.63, 3.8) is 0 Å². The van der Waals surface area contributed by atoms with E-state index in [4.69, 9.17) is 22.6 Å². The van der Waals surface area contributed by atoms with E-state index < -0.39 is 5.54 Å². The molecule has 11 heteroatoms. The molecule has 1 aliphatic rings. The SMILES string of the molecule is [C-]#[N+]CC1(n2cc(-c3nc(-c4cnn(C)c4)cn4nccc34)c(N)n2)CN(CC#N)C1. The van der Waals surface area contributed by atoms with Crippen molar-refractivity contribution in [3.05, 3.63) is 48.5 Å². The average Bonchev–Trinajstić information content (AvgIpc) is 3.45. The molecule has 154 valence electrons. The summed E-state index contributed by atoms with van der Waals surface area (Å²) in [6.45, 7) is 9.14. The Morgan fingerprint density at radius 2 is 2.13 bits per heavy atom. The summed E-state index contributed by atoms with van der Waals surface area (Å²) >= 11 is 0. The lowest BCUT2D eigenvalue weighted by atomic mass is 9.90. The Morgan fingerprint density at radius 1 is 1.29 bits per heavy atom. The molecule has 0 spiro atoms. The first kappa shape index (κ1) is 18.8. The van der Waals surface area contributed by atoms with Crippen LogP contribution in [0, 0.1) is 17.9 Å². The number of nitrogens with zero attached hydrogens (tertiary/aromatic N) is 10. The van der Waals surface area contributed by atoms with E-state index in [-0.39, 0.29) is 6.54 Å². The van der Waals surface area contributed by atoms with Gasteiger partial charge in [0.15, 0.2) is 11.4 Å². The third-order valence-electron chi connectivity index (χ3n) is 5.58. The number of fused-ring (bicyclic) bond motifs is 1. The largest absolute Gasteiger partial charge is 0.382 e. The summed E-state index contributed by atoms with van der Waals surface area (Å²) in [5.74, 6) is 0.335. The summed E-state index contributed by atoms with van der Waals surface area (Å²) in [7, 11) is 1.85. The number of nitrogens with two attached hydrogens (primary N) is 1. The summed E-state index contributed by atoms with van der Waals surface area (Å²) in [5, 5.41) is 22.1. The van der Waals surface area contributed by atoms with Gasteiger partial charge in [-0.1, -0.05) is 0 Å². The zero-order chi connectivity index (χ0) is 21.6. The molecule has 1 fully saturated rings. The van der Waals surface area contributed by atoms with Crippen molar-refractivity contribution >= 4 is 11.3 Å². The van der Waals surface area contributed by atoms with Crippen LogP contribution in [0.25, 0.3) is 32.9 Å². The third kappa shape index (κ3) is 2.99. The number of aryl methyl sites for hydroxylation is 1. The molecule has 0 radical (unpaired) electrons. The first-order valence-corrected chi connectivity index (χ1v) is 9.65. The van der Waals surface area contributed by atoms with Crippen LogP contribution in [0.15, 0.2) is 37.1 Å². The van der Waals surface area contributed by atoms with Crippen LogP contribution in [0.4, 0.5) is 5.82 Å². The molecule has 5 heterocycles. The third-order valence-corrected chi connectivity index (χ3v) is 5.58. The highest BCUT2D eigenvalue weighted by molar-refractivity contribution is 5.83. The average molecular weight is 413 g/mol. The summed E-state index contributed by atoms with van der Waals surface area (Å²) in [4.78, 5) is 10.5. The van der Waals surface area contributed by atoms with Crippen molar-refractivity contribution in [1.29, 1.82) is 5.26 Å². The standard InChI is InChI=1S/C20H19N11/c1-23-11-20(12-29(13-20)6-4-21)31-9-15(19(22)27-31)18-17-3-5-24-30(17)10-16(26-18)14-7-25-28(2)8-14/h3,5,7-10H,6,11-13H2,2H3,(H2,22,27). The topological polar surface area (TPSA) is 123 Å². The van der Waals surface area contributed by atoms with Gasteiger partial charge in [-0.15, -0.1) is 0 Å². The molecule has 0 bridgehead atoms. The van der Waals surface area contributed by atoms with E-state index in [2.05, 4.69) is 26.2 Å². The zero-order valence-electron chi connectivity index (χ0n) is 16.8. The Morgan fingerprint density at radius 3 is 2.84 bits per heavy atom. The lowest BCUT2D eigenvalue weighted by Gasteiger charge is -2.45. The molecule has 4 aromatic rings. The normalized spacial score (nSPS) is 15.5. The molecule has 1 saturated heterocycles. The van der Waals surface area contributed by atoms with Gasteiger partial charge in [-0.25, -0.2) is 16.1 Å². The van der Waals surface area contributed by atoms with Crippen molar-refractivity contribution in [3.8, 4) is 28.6 Å². The van der Waals surface area contributed by atoms with Crippen LogP contribution in [0.2, 0.25) is 0 Å². The second kappa shape index (κ2) is 6.93. The summed E-state index contributed by atoms with van der Waals surface area (Å²) in [6, 6.07) is 4.03. The van der Waals surface area contributed by atoms with E-state index in [1.807, 2.05) is 36.6 Å². The number of likely N-dealkylation sites (tertiary alicyclic amines) is 1. The number of nitriles is 1. The van der Waals surface area contributed by atoms with E-state index in [9.17, 15) is 0 Å². The summed E-state index contributed by atoms with van der Waals surface area (Å²) in [6.07, 6.45) is 9.05. The van der Waals surface area contributed by atoms with Gasteiger partial charge in [-0.3, -0.25) is 14.3 Å². The Bertz CT molecular complexity index is 1350. The second-order valence-electron chi connectivity index (χ2n) is 7.75. The van der Waals surface area contributed by atoms with Gasteiger partial charge in [0.1, 0.15) is 5.69 Å². The predicted molar refractivity (Wildman–Crippen MR) is 112 cm³/mol. The maximum atomic E-state index is 8.95. The molecule has 0 aromatic carbocycles. The van der Waals surface area contributed by atoms with Crippen LogP contribution in [0.1, 0.15) is 0 Å². The number of anilines is 1. The minimum atomic E-state index is -0.498. The van der Waals surface area contributed by atoms with E-state index in [1.165, 1.54) is 0 Å². The van der Waals surface area contributed by atoms with Crippen LogP contribution < -0.4 is 5.73 Å². The minimum Gasteiger partial charge on any atom is -0.382 e. The monoisotopic (exact) mass is 413 g/mol. The number of hydrogen-bond donors (Lipinski definition) is 1. The fourth-order valence-corrected chi connectivity index (χ4v) is 4.09. The number of aromatic nitrogens is 7. The van der Waals surface area contributed by atoms with Crippen molar-refractivity contribution in [2.24, 2.45) is 7.05 Å². The fourth-order valence-electron chi connectivity index (χ4n) is 4.09. The number of rotatable bonds is 5. The second-order valence-corrected chi connectivity index (χ2v) is 7.75.